The van der Waals surface area contributed by atoms with Crippen LogP contribution in [0.1, 0.15) is 48.3 Å². The third-order valence-corrected chi connectivity index (χ3v) is 8.37. The van der Waals surface area contributed by atoms with E-state index >= 15 is 0 Å². The first-order valence-electron chi connectivity index (χ1n) is 11.0. The Bertz CT molecular complexity index is 1330. The Kier molecular flexibility index (Phi) is 5.17. The lowest BCUT2D eigenvalue weighted by molar-refractivity contribution is 0.415. The van der Waals surface area contributed by atoms with Gasteiger partial charge in [0.15, 0.2) is 0 Å². The minimum Gasteiger partial charge on any atom is -0.365 e. The molecule has 6 nitrogen and oxygen atoms in total. The van der Waals surface area contributed by atoms with Crippen LogP contribution in [0.5, 0.6) is 0 Å². The van der Waals surface area contributed by atoms with Crippen molar-refractivity contribution in [2.75, 3.05) is 4.90 Å². The highest BCUT2D eigenvalue weighted by atomic mass is 32.2. The summed E-state index contributed by atoms with van der Waals surface area (Å²) in [6, 6.07) is 20.5. The van der Waals surface area contributed by atoms with E-state index in [1.165, 1.54) is 5.69 Å². The van der Waals surface area contributed by atoms with Crippen LogP contribution in [0.4, 0.5) is 5.69 Å². The van der Waals surface area contributed by atoms with Crippen molar-refractivity contribution in [1.29, 1.82) is 5.26 Å². The lowest BCUT2D eigenvalue weighted by atomic mass is 9.82. The number of nitrogens with one attached hydrogen (secondary N) is 1. The zero-order chi connectivity index (χ0) is 22.5. The van der Waals surface area contributed by atoms with E-state index in [1.54, 1.807) is 12.1 Å². The topological polar surface area (TPSA) is 99.2 Å². The summed E-state index contributed by atoms with van der Waals surface area (Å²) in [6.45, 7) is 2.05. The third kappa shape index (κ3) is 3.36. The van der Waals surface area contributed by atoms with Crippen LogP contribution in [-0.2, 0) is 10.0 Å². The quantitative estimate of drug-likeness (QED) is 0.465. The van der Waals surface area contributed by atoms with E-state index in [-0.39, 0.29) is 4.90 Å². The van der Waals surface area contributed by atoms with E-state index in [0.29, 0.717) is 23.6 Å². The maximum atomic E-state index is 12.2. The van der Waals surface area contributed by atoms with E-state index < -0.39 is 10.0 Å². The van der Waals surface area contributed by atoms with Gasteiger partial charge in [0.25, 0.3) is 10.0 Å². The van der Waals surface area contributed by atoms with Crippen LogP contribution in [0, 0.1) is 18.3 Å². The Balaban J connectivity index is 1.50. The Morgan fingerprint density at radius 1 is 1.03 bits per heavy atom. The van der Waals surface area contributed by atoms with Gasteiger partial charge in [-0.15, -0.1) is 0 Å². The van der Waals surface area contributed by atoms with Crippen LogP contribution in [0.25, 0.3) is 10.8 Å². The van der Waals surface area contributed by atoms with Gasteiger partial charge in [0.2, 0.25) is 0 Å². The van der Waals surface area contributed by atoms with Gasteiger partial charge in [0.05, 0.1) is 16.5 Å². The van der Waals surface area contributed by atoms with Crippen LogP contribution in [-0.4, -0.2) is 20.5 Å². The normalized spacial score (nSPS) is 22.8. The largest absolute Gasteiger partial charge is 0.365 e. The number of fused-ring (bicyclic) bond motifs is 3. The molecule has 2 unspecified atom stereocenters. The number of hydrogen-bond donors (Lipinski definition) is 2. The Hall–Kier alpha value is -2.92. The van der Waals surface area contributed by atoms with Gasteiger partial charge in [-0.2, -0.15) is 10.1 Å². The second kappa shape index (κ2) is 7.89. The van der Waals surface area contributed by atoms with Gasteiger partial charge in [-0.05, 0) is 73.9 Å². The number of rotatable bonds is 4. The molecule has 2 aliphatic heterocycles. The lowest BCUT2D eigenvalue weighted by Gasteiger charge is -2.42. The molecule has 2 bridgehead atoms. The zero-order valence-corrected chi connectivity index (χ0v) is 18.8. The molecular weight excluding hydrogens is 420 g/mol. The van der Waals surface area contributed by atoms with E-state index in [2.05, 4.69) is 23.1 Å². The third-order valence-electron chi connectivity index (χ3n) is 7.19. The van der Waals surface area contributed by atoms with Crippen LogP contribution >= 0.6 is 0 Å². The first-order chi connectivity index (χ1) is 15.4. The fraction of sp³-hybridized carbons (Fsp3) is 0.320. The Morgan fingerprint density at radius 3 is 2.38 bits per heavy atom. The predicted octanol–water partition coefficient (Wildman–Crippen LogP) is 4.09. The number of aryl methyl sites for hydroxylation is 1. The van der Waals surface area contributed by atoms with Crippen LogP contribution in [0.2, 0.25) is 0 Å². The van der Waals surface area contributed by atoms with Crippen molar-refractivity contribution in [3.8, 4) is 6.07 Å². The van der Waals surface area contributed by atoms with Gasteiger partial charge < -0.3 is 4.90 Å². The number of nitrogens with zero attached hydrogens (tertiary/aromatic N) is 2. The minimum absolute atomic E-state index is 0.216. The molecule has 0 saturated carbocycles. The lowest BCUT2D eigenvalue weighted by Crippen LogP contribution is -2.42. The fourth-order valence-electron chi connectivity index (χ4n) is 5.72. The first-order valence-corrected chi connectivity index (χ1v) is 12.4. The number of sulfonamides is 1. The van der Waals surface area contributed by atoms with Gasteiger partial charge in [0.1, 0.15) is 0 Å². The van der Waals surface area contributed by atoms with Gasteiger partial charge in [-0.25, -0.2) is 8.42 Å². The Morgan fingerprint density at radius 2 is 1.72 bits per heavy atom. The van der Waals surface area contributed by atoms with E-state index in [9.17, 15) is 13.7 Å². The molecule has 2 fully saturated rings. The average molecular weight is 447 g/mol. The summed E-state index contributed by atoms with van der Waals surface area (Å²) in [4.78, 5) is 4.70. The van der Waals surface area contributed by atoms with Crippen molar-refractivity contribution in [3.63, 3.8) is 0 Å². The zero-order valence-electron chi connectivity index (χ0n) is 18.0. The van der Waals surface area contributed by atoms with Crippen molar-refractivity contribution in [2.24, 2.45) is 5.84 Å². The number of hydrazine groups is 1. The highest BCUT2D eigenvalue weighted by molar-refractivity contribution is 7.89. The molecule has 2 aliphatic rings. The summed E-state index contributed by atoms with van der Waals surface area (Å²) in [6.07, 6.45) is 4.20. The fourth-order valence-corrected chi connectivity index (χ4v) is 6.39. The van der Waals surface area contributed by atoms with E-state index in [0.717, 1.165) is 47.6 Å². The van der Waals surface area contributed by atoms with Crippen molar-refractivity contribution in [2.45, 2.75) is 55.5 Å². The van der Waals surface area contributed by atoms with Crippen molar-refractivity contribution >= 4 is 26.5 Å². The molecule has 3 N–H and O–H groups in total. The molecule has 0 amide bonds. The molecule has 0 spiro atoms. The summed E-state index contributed by atoms with van der Waals surface area (Å²) < 4.78 is 24.5. The van der Waals surface area contributed by atoms with Gasteiger partial charge >= 0.3 is 0 Å². The summed E-state index contributed by atoms with van der Waals surface area (Å²) in [5, 5.41) is 11.6. The molecule has 0 aromatic heterocycles. The molecule has 3 aromatic carbocycles. The van der Waals surface area contributed by atoms with Crippen LogP contribution < -0.4 is 15.6 Å². The number of nitriles is 1. The SMILES string of the molecule is Cc1ccc(S(=O)(=O)NN)cc1C1CC2CCC(C1)N2c1ccc(C#N)c2ccccc12. The molecule has 0 radical (unpaired) electrons. The molecule has 7 heteroatoms. The number of anilines is 1. The molecule has 2 saturated heterocycles. The van der Waals surface area contributed by atoms with E-state index in [4.69, 9.17) is 5.84 Å². The molecule has 164 valence electrons. The maximum absolute atomic E-state index is 12.2. The molecule has 2 heterocycles. The Labute approximate surface area is 188 Å². The second-order valence-corrected chi connectivity index (χ2v) is 10.6. The second-order valence-electron chi connectivity index (χ2n) is 8.89. The van der Waals surface area contributed by atoms with Gasteiger partial charge in [-0.1, -0.05) is 30.3 Å². The van der Waals surface area contributed by atoms with E-state index in [1.807, 2.05) is 42.1 Å². The van der Waals surface area contributed by atoms with Gasteiger partial charge in [0, 0.05) is 28.5 Å². The summed E-state index contributed by atoms with van der Waals surface area (Å²) in [7, 11) is -3.68. The molecule has 3 aromatic rings. The molecule has 2 atom stereocenters. The molecular formula is C25H26N4O2S. The summed E-state index contributed by atoms with van der Waals surface area (Å²) in [5.41, 5.74) is 4.12. The smallest absolute Gasteiger partial charge is 0.253 e. The average Bonchev–Trinajstić information content (AvgIpc) is 3.06. The van der Waals surface area contributed by atoms with Crippen molar-refractivity contribution in [1.82, 2.24) is 4.83 Å². The molecule has 5 rings (SSSR count). The maximum Gasteiger partial charge on any atom is 0.253 e. The number of nitrogens with two attached hydrogens (primary N) is 1. The van der Waals surface area contributed by atoms with Crippen molar-refractivity contribution in [3.05, 3.63) is 71.3 Å². The molecule has 32 heavy (non-hydrogen) atoms. The number of hydrogen-bond acceptors (Lipinski definition) is 5. The summed E-state index contributed by atoms with van der Waals surface area (Å²) >= 11 is 0. The molecule has 0 aliphatic carbocycles. The highest BCUT2D eigenvalue weighted by Crippen LogP contribution is 2.47. The number of benzene rings is 3. The summed E-state index contributed by atoms with van der Waals surface area (Å²) in [5.74, 6) is 5.55. The standard InChI is InChI=1S/C25H26N4O2S/c1-16-6-10-21(32(30,31)28-27)14-24(16)18-12-19-8-9-20(13-18)29(19)25-11-7-17(15-26)22-4-2-3-5-23(22)25/h2-7,10-11,14,18-20,28H,8-9,12-13,27H2,1H3. The van der Waals surface area contributed by atoms with Crippen molar-refractivity contribution < 1.29 is 8.42 Å². The van der Waals surface area contributed by atoms with Crippen LogP contribution in [0.3, 0.4) is 0 Å². The number of piperidine rings is 1. The van der Waals surface area contributed by atoms with Crippen LogP contribution in [0.15, 0.2) is 59.5 Å². The first kappa shape index (κ1) is 21.0. The highest BCUT2D eigenvalue weighted by Gasteiger charge is 2.42. The monoisotopic (exact) mass is 446 g/mol. The minimum atomic E-state index is -3.68. The predicted molar refractivity (Wildman–Crippen MR) is 126 cm³/mol. The van der Waals surface area contributed by atoms with Gasteiger partial charge in [-0.3, -0.25) is 5.84 Å².